The van der Waals surface area contributed by atoms with E-state index in [0.29, 0.717) is 11.6 Å². The van der Waals surface area contributed by atoms with Crippen LogP contribution in [-0.2, 0) is 0 Å². The molecule has 120 heavy (non-hydrogen) atoms. The summed E-state index contributed by atoms with van der Waals surface area (Å²) < 4.78 is 9.87. The number of hydrogen-bond donors (Lipinski definition) is 0. The van der Waals surface area contributed by atoms with Crippen LogP contribution < -0.4 is 0 Å². The molecule has 0 saturated carbocycles. The van der Waals surface area contributed by atoms with Gasteiger partial charge < -0.3 is 18.3 Å². The van der Waals surface area contributed by atoms with Crippen LogP contribution in [0.4, 0.5) is 0 Å². The third-order valence-electron chi connectivity index (χ3n) is 23.8. The van der Waals surface area contributed by atoms with Crippen molar-refractivity contribution in [3.63, 3.8) is 0 Å². The minimum Gasteiger partial charge on any atom is -0.309 e. The van der Waals surface area contributed by atoms with Gasteiger partial charge in [-0.15, -0.1) is 0 Å². The molecule has 0 amide bonds. The standard InChI is InChI=1S/2C56H36N4/c1-4-16-37(17-5-1)40-22-14-24-43(35-40)59-51-27-12-10-25-45(51)46-32-33-53-54(55(46)59)47-26-11-13-28-52(47)60(53)50-29-15-23-41-34-42(30-31-44(41)50)56-57-48(38-18-6-2-7-19-38)36-49(58-56)39-20-8-3-9-21-39;1-4-17-37(18-5-1)40-24-16-25-43(34-40)59-50-29-14-12-27-45(50)46-31-32-52-54(55(46)59)47-28-13-15-30-51(47)60(52)53-35-42(33-41-23-10-11-26-44(41)53)49-36-48(38-19-6-2-7-20-38)57-56(58-49)39-21-8-3-9-22-39/h2*1-36H. The Balaban J connectivity index is 0.000000140. The molecule has 8 heteroatoms. The molecule has 6 heterocycles. The van der Waals surface area contributed by atoms with E-state index >= 15 is 0 Å². The first-order chi connectivity index (χ1) is 59.5. The number of para-hydroxylation sites is 4. The van der Waals surface area contributed by atoms with Gasteiger partial charge in [0.15, 0.2) is 11.6 Å². The summed E-state index contributed by atoms with van der Waals surface area (Å²) in [5, 5.41) is 14.4. The third kappa shape index (κ3) is 11.8. The fourth-order valence-electron chi connectivity index (χ4n) is 18.4. The molecule has 0 aliphatic heterocycles. The zero-order chi connectivity index (χ0) is 79.1. The van der Waals surface area contributed by atoms with Gasteiger partial charge in [-0.2, -0.15) is 0 Å². The van der Waals surface area contributed by atoms with Crippen LogP contribution in [0.2, 0.25) is 0 Å². The topological polar surface area (TPSA) is 71.3 Å². The number of benzene rings is 18. The maximum Gasteiger partial charge on any atom is 0.160 e. The highest BCUT2D eigenvalue weighted by molar-refractivity contribution is 6.28. The zero-order valence-corrected chi connectivity index (χ0v) is 65.1. The van der Waals surface area contributed by atoms with E-state index in [1.165, 1.54) is 92.8 Å². The van der Waals surface area contributed by atoms with Gasteiger partial charge in [0.25, 0.3) is 0 Å². The van der Waals surface area contributed by atoms with Crippen molar-refractivity contribution < 1.29 is 0 Å². The van der Waals surface area contributed by atoms with E-state index in [1.807, 2.05) is 36.4 Å². The Morgan fingerprint density at radius 2 is 0.483 bits per heavy atom. The summed E-state index contributed by atoms with van der Waals surface area (Å²) in [5.74, 6) is 1.40. The van der Waals surface area contributed by atoms with E-state index < -0.39 is 0 Å². The smallest absolute Gasteiger partial charge is 0.160 e. The lowest BCUT2D eigenvalue weighted by Gasteiger charge is -2.15. The van der Waals surface area contributed by atoms with Crippen molar-refractivity contribution in [1.82, 2.24) is 38.2 Å². The van der Waals surface area contributed by atoms with Crippen LogP contribution in [0.15, 0.2) is 437 Å². The van der Waals surface area contributed by atoms with E-state index in [2.05, 4.69) is 419 Å². The van der Waals surface area contributed by atoms with Crippen LogP contribution in [0.5, 0.6) is 0 Å². The second-order valence-corrected chi connectivity index (χ2v) is 30.8. The van der Waals surface area contributed by atoms with E-state index in [4.69, 9.17) is 19.9 Å². The summed E-state index contributed by atoms with van der Waals surface area (Å²) in [7, 11) is 0. The monoisotopic (exact) mass is 1530 g/mol. The molecule has 0 bridgehead atoms. The lowest BCUT2D eigenvalue weighted by Crippen LogP contribution is -1.99. The summed E-state index contributed by atoms with van der Waals surface area (Å²) in [5.41, 5.74) is 28.4. The van der Waals surface area contributed by atoms with Gasteiger partial charge in [-0.1, -0.05) is 340 Å². The van der Waals surface area contributed by atoms with E-state index in [0.717, 1.165) is 117 Å². The number of hydrogen-bond acceptors (Lipinski definition) is 4. The Morgan fingerprint density at radius 3 is 0.950 bits per heavy atom. The summed E-state index contributed by atoms with van der Waals surface area (Å²) in [6.07, 6.45) is 0. The predicted octanol–water partition coefficient (Wildman–Crippen LogP) is 29.0. The maximum atomic E-state index is 5.27. The quantitative estimate of drug-likeness (QED) is 0.122. The van der Waals surface area contributed by atoms with Gasteiger partial charge in [0.05, 0.1) is 78.3 Å². The number of fused-ring (bicyclic) bond motifs is 16. The van der Waals surface area contributed by atoms with Gasteiger partial charge in [-0.05, 0) is 130 Å². The van der Waals surface area contributed by atoms with Crippen LogP contribution in [0, 0.1) is 0 Å². The van der Waals surface area contributed by atoms with Crippen molar-refractivity contribution in [3.8, 4) is 113 Å². The molecule has 0 fully saturated rings. The minimum atomic E-state index is 0.699. The Morgan fingerprint density at radius 1 is 0.158 bits per heavy atom. The Bertz CT molecular complexity index is 8000. The van der Waals surface area contributed by atoms with Gasteiger partial charge in [0, 0.05) is 98.6 Å². The summed E-state index contributed by atoms with van der Waals surface area (Å²) in [6.45, 7) is 0. The molecule has 18 aromatic carbocycles. The Kier molecular flexibility index (Phi) is 16.7. The van der Waals surface area contributed by atoms with Crippen LogP contribution >= 0.6 is 0 Å². The molecular weight excluding hydrogens is 1460 g/mol. The van der Waals surface area contributed by atoms with Gasteiger partial charge in [0.1, 0.15) is 0 Å². The van der Waals surface area contributed by atoms with Crippen molar-refractivity contribution >= 4 is 109 Å². The van der Waals surface area contributed by atoms with Crippen molar-refractivity contribution in [2.75, 3.05) is 0 Å². The van der Waals surface area contributed by atoms with Crippen molar-refractivity contribution in [2.24, 2.45) is 0 Å². The molecule has 0 aliphatic rings. The summed E-state index contributed by atoms with van der Waals surface area (Å²) >= 11 is 0. The highest BCUT2D eigenvalue weighted by Gasteiger charge is 2.26. The van der Waals surface area contributed by atoms with E-state index in [-0.39, 0.29) is 0 Å². The molecular formula is C112H72N8. The highest BCUT2D eigenvalue weighted by Crippen LogP contribution is 2.47. The molecule has 0 aliphatic carbocycles. The molecule has 0 spiro atoms. The molecule has 8 nitrogen and oxygen atoms in total. The molecule has 0 saturated heterocycles. The van der Waals surface area contributed by atoms with E-state index in [1.54, 1.807) is 0 Å². The highest BCUT2D eigenvalue weighted by atomic mass is 15.0. The fraction of sp³-hybridized carbons (Fsp3) is 0. The molecule has 0 atom stereocenters. The first kappa shape index (κ1) is 69.4. The molecule has 6 aromatic heterocycles. The number of aromatic nitrogens is 8. The average molecular weight is 1530 g/mol. The lowest BCUT2D eigenvalue weighted by atomic mass is 10.0. The third-order valence-corrected chi connectivity index (χ3v) is 23.8. The normalized spacial score (nSPS) is 11.7. The van der Waals surface area contributed by atoms with Gasteiger partial charge in [-0.25, -0.2) is 19.9 Å². The molecule has 0 unspecified atom stereocenters. The van der Waals surface area contributed by atoms with Crippen molar-refractivity contribution in [2.45, 2.75) is 0 Å². The Labute approximate surface area is 692 Å². The van der Waals surface area contributed by atoms with E-state index in [9.17, 15) is 0 Å². The van der Waals surface area contributed by atoms with Crippen LogP contribution in [0.3, 0.4) is 0 Å². The largest absolute Gasteiger partial charge is 0.309 e. The van der Waals surface area contributed by atoms with Crippen LogP contribution in [0.1, 0.15) is 0 Å². The van der Waals surface area contributed by atoms with Gasteiger partial charge >= 0.3 is 0 Å². The molecule has 24 aromatic rings. The van der Waals surface area contributed by atoms with Crippen LogP contribution in [-0.4, -0.2) is 38.2 Å². The van der Waals surface area contributed by atoms with Gasteiger partial charge in [-0.3, -0.25) is 0 Å². The lowest BCUT2D eigenvalue weighted by molar-refractivity contribution is 1.17. The van der Waals surface area contributed by atoms with Crippen molar-refractivity contribution in [1.29, 1.82) is 0 Å². The SMILES string of the molecule is c1ccc(-c2cccc(-n3c4ccccc4c4ccc5c(c6ccccc6n5-c5cc(-c6cc(-c7ccccc7)nc(-c7ccccc7)n6)cc6ccccc56)c43)c2)cc1.c1ccc(-c2cccc(-n3c4ccccc4c4ccc5c(c6ccccc6n5-c5cccc6cc(-c7nc(-c8ccccc8)cc(-c8ccccc8)n7)ccc56)c43)c2)cc1. The second-order valence-electron chi connectivity index (χ2n) is 30.8. The first-order valence-corrected chi connectivity index (χ1v) is 40.8. The zero-order valence-electron chi connectivity index (χ0n) is 65.1. The first-order valence-electron chi connectivity index (χ1n) is 40.8. The molecule has 24 rings (SSSR count). The Hall–Kier alpha value is -16.2. The predicted molar refractivity (Wildman–Crippen MR) is 500 cm³/mol. The average Bonchev–Trinajstić information content (AvgIpc) is 1.54. The van der Waals surface area contributed by atoms with Crippen molar-refractivity contribution in [3.05, 3.63) is 437 Å². The minimum absolute atomic E-state index is 0.699. The molecule has 0 N–H and O–H groups in total. The molecule has 560 valence electrons. The number of rotatable bonds is 12. The van der Waals surface area contributed by atoms with Crippen LogP contribution in [0.25, 0.3) is 222 Å². The number of nitrogens with zero attached hydrogens (tertiary/aromatic N) is 8. The summed E-state index contributed by atoms with van der Waals surface area (Å²) in [6, 6.07) is 156. The van der Waals surface area contributed by atoms with Gasteiger partial charge in [0.2, 0.25) is 0 Å². The maximum absolute atomic E-state index is 5.27. The molecule has 0 radical (unpaired) electrons. The fourth-order valence-corrected chi connectivity index (χ4v) is 18.4. The second kappa shape index (κ2) is 29.0. The summed E-state index contributed by atoms with van der Waals surface area (Å²) in [4.78, 5) is 20.7.